The maximum absolute atomic E-state index is 10.6. The molecule has 0 aromatic carbocycles. The van der Waals surface area contributed by atoms with Crippen LogP contribution in [0.5, 0.6) is 0 Å². The highest BCUT2D eigenvalue weighted by Gasteiger charge is 1.97. The number of nitrogens with one attached hydrogen (secondary N) is 4. The van der Waals surface area contributed by atoms with Crippen LogP contribution in [0.25, 0.3) is 0 Å². The van der Waals surface area contributed by atoms with Crippen molar-refractivity contribution in [3.63, 3.8) is 0 Å². The molecule has 0 fully saturated rings. The Labute approximate surface area is 350 Å². The lowest BCUT2D eigenvalue weighted by atomic mass is 10.3. The number of hydrogen-bond acceptors (Lipinski definition) is 18. The van der Waals surface area contributed by atoms with Crippen LogP contribution in [-0.4, -0.2) is 210 Å². The van der Waals surface area contributed by atoms with E-state index >= 15 is 0 Å². The maximum atomic E-state index is 10.6. The number of carbonyl (C=O) groups is 4. The number of ketones is 4. The molecule has 0 radical (unpaired) electrons. The van der Waals surface area contributed by atoms with Crippen molar-refractivity contribution in [2.24, 2.45) is 0 Å². The molecule has 0 rings (SSSR count). The normalized spacial score (nSPS) is 10.5. The van der Waals surface area contributed by atoms with Gasteiger partial charge < -0.3 is 68.6 Å². The molecule has 0 aromatic rings. The topological polar surface area (TPSA) is 209 Å². The van der Waals surface area contributed by atoms with Gasteiger partial charge in [-0.25, -0.2) is 0 Å². The summed E-state index contributed by atoms with van der Waals surface area (Å²) < 4.78 is 52.3. The zero-order valence-corrected chi connectivity index (χ0v) is 37.5. The van der Waals surface area contributed by atoms with E-state index in [4.69, 9.17) is 47.4 Å². The molecule has 0 aliphatic heterocycles. The lowest BCUT2D eigenvalue weighted by Gasteiger charge is -2.07. The second-order valence-electron chi connectivity index (χ2n) is 12.3. The Morgan fingerprint density at radius 2 is 0.397 bits per heavy atom. The Morgan fingerprint density at radius 3 is 0.552 bits per heavy atom. The van der Waals surface area contributed by atoms with Gasteiger partial charge in [-0.1, -0.05) is 0 Å². The Bertz CT molecular complexity index is 847. The molecule has 0 bridgehead atoms. The van der Waals surface area contributed by atoms with Gasteiger partial charge in [0.2, 0.25) is 0 Å². The monoisotopic (exact) mass is 845 g/mol. The third kappa shape index (κ3) is 78.5. The van der Waals surface area contributed by atoms with Gasteiger partial charge in [0.1, 0.15) is 23.1 Å². The van der Waals surface area contributed by atoms with E-state index < -0.39 is 0 Å². The van der Waals surface area contributed by atoms with E-state index in [1.165, 1.54) is 0 Å². The predicted octanol–water partition coefficient (Wildman–Crippen LogP) is 0.906. The maximum Gasteiger partial charge on any atom is 0.132 e. The Balaban J connectivity index is -0.000000344. The minimum absolute atomic E-state index is 0.145. The summed E-state index contributed by atoms with van der Waals surface area (Å²) in [4.78, 5) is 42.1. The molecule has 0 saturated carbocycles. The smallest absolute Gasteiger partial charge is 0.132 e. The summed E-state index contributed by atoms with van der Waals surface area (Å²) in [7, 11) is 7.53. The van der Waals surface area contributed by atoms with Crippen molar-refractivity contribution in [3.05, 3.63) is 0 Å². The Hall–Kier alpha value is -1.88. The third-order valence-electron chi connectivity index (χ3n) is 6.61. The van der Waals surface area contributed by atoms with Crippen molar-refractivity contribution in [2.75, 3.05) is 187 Å². The van der Waals surface area contributed by atoms with Gasteiger partial charge >= 0.3 is 0 Å². The first kappa shape index (κ1) is 62.8. The van der Waals surface area contributed by atoms with Crippen LogP contribution in [0.1, 0.15) is 53.4 Å². The van der Waals surface area contributed by atoms with Gasteiger partial charge in [0, 0.05) is 51.9 Å². The molecule has 18 nitrogen and oxygen atoms in total. The Morgan fingerprint density at radius 1 is 0.259 bits per heavy atom. The number of likely N-dealkylation sites (N-methyl/N-ethyl adjacent to an activating group) is 4. The minimum atomic E-state index is 0.145. The van der Waals surface area contributed by atoms with E-state index in [1.54, 1.807) is 27.7 Å². The number of rotatable bonds is 42. The van der Waals surface area contributed by atoms with Crippen LogP contribution in [0.15, 0.2) is 0 Å². The van der Waals surface area contributed by atoms with Gasteiger partial charge in [-0.05, 0) is 55.9 Å². The van der Waals surface area contributed by atoms with Gasteiger partial charge in [0.05, 0.1) is 132 Å². The second kappa shape index (κ2) is 59.4. The molecule has 0 spiro atoms. The fourth-order valence-electron chi connectivity index (χ4n) is 3.29. The lowest BCUT2D eigenvalue weighted by Crippen LogP contribution is -2.17. The average Bonchev–Trinajstić information content (AvgIpc) is 3.18. The fourth-order valence-corrected chi connectivity index (χ4v) is 3.29. The van der Waals surface area contributed by atoms with Crippen molar-refractivity contribution in [2.45, 2.75) is 53.4 Å². The zero-order chi connectivity index (χ0) is 44.0. The van der Waals surface area contributed by atoms with Crippen LogP contribution in [0, 0.1) is 0 Å². The lowest BCUT2D eigenvalue weighted by molar-refractivity contribution is -0.119. The van der Waals surface area contributed by atoms with Gasteiger partial charge in [-0.2, -0.15) is 0 Å². The van der Waals surface area contributed by atoms with Gasteiger partial charge in [-0.3, -0.25) is 19.2 Å². The number of Topliss-reactive ketones (excluding diaryl/α,β-unsaturated/α-hetero) is 4. The quantitative estimate of drug-likeness (QED) is 0.0630. The molecular formula is C40H84N4O14. The highest BCUT2D eigenvalue weighted by molar-refractivity contribution is 5.76. The fraction of sp³-hybridized carbons (Fsp3) is 0.900. The van der Waals surface area contributed by atoms with E-state index in [0.717, 1.165) is 26.2 Å². The molecule has 4 N–H and O–H groups in total. The summed E-state index contributed by atoms with van der Waals surface area (Å²) in [5, 5.41) is 11.9. The highest BCUT2D eigenvalue weighted by atomic mass is 16.6. The molecule has 0 aliphatic rings. The molecule has 18 heteroatoms. The molecular weight excluding hydrogens is 760 g/mol. The van der Waals surface area contributed by atoms with E-state index in [9.17, 15) is 19.2 Å². The molecule has 58 heavy (non-hydrogen) atoms. The summed E-state index contributed by atoms with van der Waals surface area (Å²) in [6, 6.07) is 0. The summed E-state index contributed by atoms with van der Waals surface area (Å²) in [6.07, 6.45) is 1.98. The molecule has 348 valence electrons. The second-order valence-corrected chi connectivity index (χ2v) is 12.3. The summed E-state index contributed by atoms with van der Waals surface area (Å²) in [6.45, 7) is 21.2. The van der Waals surface area contributed by atoms with Crippen LogP contribution >= 0.6 is 0 Å². The molecule has 0 heterocycles. The van der Waals surface area contributed by atoms with E-state index in [-0.39, 0.29) is 23.1 Å². The van der Waals surface area contributed by atoms with Gasteiger partial charge in [0.15, 0.2) is 0 Å². The van der Waals surface area contributed by atoms with Gasteiger partial charge in [-0.15, -0.1) is 0 Å². The molecule has 0 unspecified atom stereocenters. The van der Waals surface area contributed by atoms with Crippen molar-refractivity contribution >= 4 is 23.1 Å². The number of ether oxygens (including phenoxy) is 10. The van der Waals surface area contributed by atoms with Crippen molar-refractivity contribution in [1.82, 2.24) is 21.3 Å². The third-order valence-corrected chi connectivity index (χ3v) is 6.61. The summed E-state index contributed by atoms with van der Waals surface area (Å²) in [5.41, 5.74) is 0. The molecule has 0 saturated heterocycles. The van der Waals surface area contributed by atoms with Crippen LogP contribution in [-0.2, 0) is 66.5 Å². The predicted molar refractivity (Wildman–Crippen MR) is 225 cm³/mol. The van der Waals surface area contributed by atoms with E-state index in [2.05, 4.69) is 21.3 Å². The summed E-state index contributed by atoms with van der Waals surface area (Å²) in [5.74, 6) is 0.644. The molecule has 0 atom stereocenters. The number of hydrogen-bond donors (Lipinski definition) is 4. The molecule has 0 aromatic heterocycles. The molecule has 0 amide bonds. The van der Waals surface area contributed by atoms with Crippen LogP contribution in [0.4, 0.5) is 0 Å². The average molecular weight is 845 g/mol. The zero-order valence-electron chi connectivity index (χ0n) is 37.5. The van der Waals surface area contributed by atoms with E-state index in [0.29, 0.717) is 158 Å². The van der Waals surface area contributed by atoms with Crippen LogP contribution in [0.2, 0.25) is 0 Å². The minimum Gasteiger partial charge on any atom is -0.380 e. The summed E-state index contributed by atoms with van der Waals surface area (Å²) >= 11 is 0. The van der Waals surface area contributed by atoms with Crippen LogP contribution < -0.4 is 21.3 Å². The van der Waals surface area contributed by atoms with Crippen LogP contribution in [0.3, 0.4) is 0 Å². The SMILES string of the molecule is CNCCOCCC(C)=O.CNCCOCCOCCC(C)=O.CNCCOCCOCCOCCC(C)=O.CNCCOCCOCCOCCOCCC(C)=O. The first-order valence-corrected chi connectivity index (χ1v) is 20.4. The standard InChI is InChI=1S/C13H27NO5.C11H23NO4.C9H19NO3.C7H15NO2/c1-13(15)3-5-16-7-9-18-11-12-19-10-8-17-6-4-14-2;1-11(13)3-5-14-7-9-16-10-8-15-6-4-12-2;1-9(11)3-5-12-7-8-13-6-4-10-2;1-7(9)3-5-10-6-4-8-2/h14H,3-12H2,1-2H3;12H,3-10H2,1-2H3;10H,3-8H2,1-2H3;8H,3-6H2,1-2H3. The molecule has 0 aliphatic carbocycles. The largest absolute Gasteiger partial charge is 0.380 e. The first-order chi connectivity index (χ1) is 28.1. The van der Waals surface area contributed by atoms with Crippen molar-refractivity contribution in [1.29, 1.82) is 0 Å². The number of carbonyl (C=O) groups excluding carboxylic acids is 4. The van der Waals surface area contributed by atoms with E-state index in [1.807, 2.05) is 28.2 Å². The highest BCUT2D eigenvalue weighted by Crippen LogP contribution is 1.88. The first-order valence-electron chi connectivity index (χ1n) is 20.4. The van der Waals surface area contributed by atoms with Crippen molar-refractivity contribution in [3.8, 4) is 0 Å². The van der Waals surface area contributed by atoms with Gasteiger partial charge in [0.25, 0.3) is 0 Å². The Kier molecular flexibility index (Phi) is 64.3. The van der Waals surface area contributed by atoms with Crippen molar-refractivity contribution < 1.29 is 66.5 Å².